The van der Waals surface area contributed by atoms with Gasteiger partial charge < -0.3 is 9.88 Å². The molecule has 2 aromatic heterocycles. The summed E-state index contributed by atoms with van der Waals surface area (Å²) in [4.78, 5) is 21.2. The molecule has 5 heteroatoms. The third-order valence-electron chi connectivity index (χ3n) is 4.49. The molecule has 2 heterocycles. The maximum atomic E-state index is 12.6. The zero-order chi connectivity index (χ0) is 15.8. The predicted octanol–water partition coefficient (Wildman–Crippen LogP) is 2.78. The second-order valence-corrected chi connectivity index (χ2v) is 6.04. The third-order valence-corrected chi connectivity index (χ3v) is 4.49. The number of hydrogen-bond donors (Lipinski definition) is 1. The van der Waals surface area contributed by atoms with Crippen LogP contribution >= 0.6 is 0 Å². The summed E-state index contributed by atoms with van der Waals surface area (Å²) in [6, 6.07) is 10.2. The van der Waals surface area contributed by atoms with Crippen LogP contribution in [0.25, 0.3) is 11.2 Å². The van der Waals surface area contributed by atoms with Crippen molar-refractivity contribution >= 4 is 17.1 Å². The Labute approximate surface area is 134 Å². The lowest BCUT2D eigenvalue weighted by Crippen LogP contribution is -2.31. The fraction of sp³-hybridized carbons (Fsp3) is 0.278. The molecule has 0 radical (unpaired) electrons. The summed E-state index contributed by atoms with van der Waals surface area (Å²) in [5.74, 6) is -0.0910. The molecular weight excluding hydrogens is 288 g/mol. The van der Waals surface area contributed by atoms with Crippen molar-refractivity contribution in [2.45, 2.75) is 25.3 Å². The van der Waals surface area contributed by atoms with E-state index in [0.29, 0.717) is 5.56 Å². The number of nitrogens with zero attached hydrogens (tertiary/aromatic N) is 3. The zero-order valence-electron chi connectivity index (χ0n) is 13.0. The Morgan fingerprint density at radius 2 is 2.17 bits per heavy atom. The van der Waals surface area contributed by atoms with Gasteiger partial charge in [0.05, 0.1) is 17.9 Å². The van der Waals surface area contributed by atoms with Crippen molar-refractivity contribution in [3.8, 4) is 0 Å². The van der Waals surface area contributed by atoms with Crippen LogP contribution in [0.15, 0.2) is 42.9 Å². The average Bonchev–Trinajstić information content (AvgIpc) is 2.96. The van der Waals surface area contributed by atoms with Gasteiger partial charge in [0.1, 0.15) is 5.52 Å². The first kappa shape index (κ1) is 13.9. The van der Waals surface area contributed by atoms with E-state index >= 15 is 0 Å². The van der Waals surface area contributed by atoms with Crippen LogP contribution in [0.1, 0.15) is 40.4 Å². The van der Waals surface area contributed by atoms with E-state index in [1.807, 2.05) is 17.7 Å². The monoisotopic (exact) mass is 306 g/mol. The SMILES string of the molecule is Cn1cnc2cc(C(=O)N[C@H]3CCCc4ccccc43)cnc21. The van der Waals surface area contributed by atoms with E-state index < -0.39 is 0 Å². The molecule has 23 heavy (non-hydrogen) atoms. The molecule has 1 aliphatic rings. The minimum atomic E-state index is -0.0910. The number of nitrogens with one attached hydrogen (secondary N) is 1. The number of pyridine rings is 1. The topological polar surface area (TPSA) is 59.8 Å². The lowest BCUT2D eigenvalue weighted by atomic mass is 9.87. The summed E-state index contributed by atoms with van der Waals surface area (Å²) >= 11 is 0. The van der Waals surface area contributed by atoms with Gasteiger partial charge in [0, 0.05) is 13.2 Å². The fourth-order valence-corrected chi connectivity index (χ4v) is 3.29. The highest BCUT2D eigenvalue weighted by Crippen LogP contribution is 2.29. The Kier molecular flexibility index (Phi) is 3.33. The van der Waals surface area contributed by atoms with E-state index in [4.69, 9.17) is 0 Å². The standard InChI is InChI=1S/C18H18N4O/c1-22-11-20-16-9-13(10-19-17(16)22)18(23)21-15-8-4-6-12-5-2-3-7-14(12)15/h2-3,5,7,9-11,15H,4,6,8H2,1H3,(H,21,23)/t15-/m0/s1. The lowest BCUT2D eigenvalue weighted by molar-refractivity contribution is 0.0932. The van der Waals surface area contributed by atoms with Gasteiger partial charge in [0.2, 0.25) is 0 Å². The van der Waals surface area contributed by atoms with Crippen molar-refractivity contribution in [1.82, 2.24) is 19.9 Å². The molecule has 0 bridgehead atoms. The first-order valence-corrected chi connectivity index (χ1v) is 7.88. The molecule has 3 aromatic rings. The van der Waals surface area contributed by atoms with Gasteiger partial charge in [-0.1, -0.05) is 24.3 Å². The maximum absolute atomic E-state index is 12.6. The van der Waals surface area contributed by atoms with Crippen LogP contribution < -0.4 is 5.32 Å². The van der Waals surface area contributed by atoms with Crippen LogP contribution in [-0.2, 0) is 13.5 Å². The molecule has 0 unspecified atom stereocenters. The first-order chi connectivity index (χ1) is 11.2. The van der Waals surface area contributed by atoms with E-state index in [0.717, 1.165) is 30.4 Å². The number of hydrogen-bond acceptors (Lipinski definition) is 3. The quantitative estimate of drug-likeness (QED) is 0.792. The predicted molar refractivity (Wildman–Crippen MR) is 88.1 cm³/mol. The van der Waals surface area contributed by atoms with Gasteiger partial charge in [-0.05, 0) is 36.5 Å². The van der Waals surface area contributed by atoms with Crippen LogP contribution in [0, 0.1) is 0 Å². The van der Waals surface area contributed by atoms with Crippen LogP contribution in [0.2, 0.25) is 0 Å². The maximum Gasteiger partial charge on any atom is 0.253 e. The van der Waals surface area contributed by atoms with Crippen molar-refractivity contribution in [3.05, 3.63) is 59.5 Å². The smallest absolute Gasteiger partial charge is 0.253 e. The molecule has 1 N–H and O–H groups in total. The molecule has 1 aliphatic carbocycles. The molecule has 1 aromatic carbocycles. The molecule has 0 saturated carbocycles. The summed E-state index contributed by atoms with van der Waals surface area (Å²) < 4.78 is 1.84. The average molecular weight is 306 g/mol. The number of carbonyl (C=O) groups excluding carboxylic acids is 1. The number of aromatic nitrogens is 3. The number of aryl methyl sites for hydroxylation is 2. The summed E-state index contributed by atoms with van der Waals surface area (Å²) in [5, 5.41) is 3.15. The fourth-order valence-electron chi connectivity index (χ4n) is 3.29. The highest BCUT2D eigenvalue weighted by Gasteiger charge is 2.22. The second kappa shape index (κ2) is 5.50. The Hall–Kier alpha value is -2.69. The molecule has 4 rings (SSSR count). The molecule has 1 amide bonds. The van der Waals surface area contributed by atoms with Gasteiger partial charge in [0.25, 0.3) is 5.91 Å². The van der Waals surface area contributed by atoms with E-state index in [2.05, 4.69) is 33.5 Å². The van der Waals surface area contributed by atoms with Crippen LogP contribution in [-0.4, -0.2) is 20.4 Å². The zero-order valence-corrected chi connectivity index (χ0v) is 13.0. The lowest BCUT2D eigenvalue weighted by Gasteiger charge is -2.26. The van der Waals surface area contributed by atoms with Crippen molar-refractivity contribution in [1.29, 1.82) is 0 Å². The molecule has 0 saturated heterocycles. The van der Waals surface area contributed by atoms with E-state index in [1.54, 1.807) is 18.6 Å². The van der Waals surface area contributed by atoms with Gasteiger partial charge in [-0.15, -0.1) is 0 Å². The second-order valence-electron chi connectivity index (χ2n) is 6.04. The molecule has 116 valence electrons. The van der Waals surface area contributed by atoms with Crippen LogP contribution in [0.5, 0.6) is 0 Å². The van der Waals surface area contributed by atoms with Gasteiger partial charge in [-0.2, -0.15) is 0 Å². The molecule has 0 spiro atoms. The Balaban J connectivity index is 1.60. The highest BCUT2D eigenvalue weighted by atomic mass is 16.1. The Morgan fingerprint density at radius 3 is 3.09 bits per heavy atom. The summed E-state index contributed by atoms with van der Waals surface area (Å²) in [6.07, 6.45) is 6.48. The van der Waals surface area contributed by atoms with E-state index in [1.165, 1.54) is 11.1 Å². The Morgan fingerprint density at radius 1 is 1.30 bits per heavy atom. The number of fused-ring (bicyclic) bond motifs is 2. The molecule has 1 atom stereocenters. The van der Waals surface area contributed by atoms with Gasteiger partial charge in [-0.25, -0.2) is 9.97 Å². The van der Waals surface area contributed by atoms with Crippen molar-refractivity contribution in [2.24, 2.45) is 7.05 Å². The minimum Gasteiger partial charge on any atom is -0.345 e. The van der Waals surface area contributed by atoms with E-state index in [9.17, 15) is 4.79 Å². The number of amides is 1. The van der Waals surface area contributed by atoms with E-state index in [-0.39, 0.29) is 11.9 Å². The number of rotatable bonds is 2. The van der Waals surface area contributed by atoms with Crippen molar-refractivity contribution in [2.75, 3.05) is 0 Å². The van der Waals surface area contributed by atoms with Crippen LogP contribution in [0.3, 0.4) is 0 Å². The van der Waals surface area contributed by atoms with Crippen LogP contribution in [0.4, 0.5) is 0 Å². The minimum absolute atomic E-state index is 0.0758. The highest BCUT2D eigenvalue weighted by molar-refractivity contribution is 5.96. The molecule has 0 aliphatic heterocycles. The summed E-state index contributed by atoms with van der Waals surface area (Å²) in [7, 11) is 1.89. The number of imidazole rings is 1. The summed E-state index contributed by atoms with van der Waals surface area (Å²) in [6.45, 7) is 0. The van der Waals surface area contributed by atoms with Crippen molar-refractivity contribution < 1.29 is 4.79 Å². The molecule has 0 fully saturated rings. The number of carbonyl (C=O) groups is 1. The molecule has 5 nitrogen and oxygen atoms in total. The first-order valence-electron chi connectivity index (χ1n) is 7.88. The van der Waals surface area contributed by atoms with Crippen molar-refractivity contribution in [3.63, 3.8) is 0 Å². The van der Waals surface area contributed by atoms with Gasteiger partial charge in [0.15, 0.2) is 5.65 Å². The molecular formula is C18H18N4O. The van der Waals surface area contributed by atoms with Gasteiger partial charge >= 0.3 is 0 Å². The third kappa shape index (κ3) is 2.48. The largest absolute Gasteiger partial charge is 0.345 e. The summed E-state index contributed by atoms with van der Waals surface area (Å²) in [5.41, 5.74) is 4.65. The normalized spacial score (nSPS) is 17.0. The van der Waals surface area contributed by atoms with Gasteiger partial charge in [-0.3, -0.25) is 4.79 Å². The number of benzene rings is 1. The Bertz CT molecular complexity index is 884.